The molecular formula is C20H26N2OS. The van der Waals surface area contributed by atoms with E-state index >= 15 is 0 Å². The Kier molecular flexibility index (Phi) is 6.41. The Bertz CT molecular complexity index is 649. The molecule has 0 amide bonds. The molecule has 3 nitrogen and oxygen atoms in total. The molecule has 0 unspecified atom stereocenters. The number of phenols is 1. The Labute approximate surface area is 148 Å². The molecule has 1 aromatic carbocycles. The van der Waals surface area contributed by atoms with Crippen LogP contribution in [-0.2, 0) is 12.8 Å². The first kappa shape index (κ1) is 17.2. The Morgan fingerprint density at radius 3 is 2.33 bits per heavy atom. The van der Waals surface area contributed by atoms with Crippen molar-refractivity contribution < 1.29 is 5.11 Å². The molecule has 0 fully saturated rings. The summed E-state index contributed by atoms with van der Waals surface area (Å²) < 4.78 is 0. The number of benzene rings is 1. The van der Waals surface area contributed by atoms with Crippen LogP contribution >= 0.6 is 11.3 Å². The van der Waals surface area contributed by atoms with Crippen molar-refractivity contribution in [2.24, 2.45) is 4.99 Å². The van der Waals surface area contributed by atoms with E-state index in [0.717, 1.165) is 23.5 Å². The minimum atomic E-state index is 0.261. The topological polar surface area (TPSA) is 45.5 Å². The Morgan fingerprint density at radius 2 is 1.58 bits per heavy atom. The van der Waals surface area contributed by atoms with Gasteiger partial charge in [-0.2, -0.15) is 0 Å². The number of aromatic nitrogens is 1. The molecule has 0 spiro atoms. The fourth-order valence-electron chi connectivity index (χ4n) is 3.18. The molecule has 4 heteroatoms. The number of nitrogens with zero attached hydrogens (tertiary/aromatic N) is 2. The van der Waals surface area contributed by atoms with Crippen molar-refractivity contribution in [2.45, 2.75) is 64.2 Å². The van der Waals surface area contributed by atoms with Crippen molar-refractivity contribution in [1.29, 1.82) is 0 Å². The molecule has 0 aliphatic heterocycles. The summed E-state index contributed by atoms with van der Waals surface area (Å²) in [6.07, 6.45) is 14.6. The summed E-state index contributed by atoms with van der Waals surface area (Å²) in [6, 6.07) is 7.27. The average Bonchev–Trinajstić information content (AvgIpc) is 2.96. The molecule has 1 aromatic heterocycles. The lowest BCUT2D eigenvalue weighted by Gasteiger charge is -2.06. The highest BCUT2D eigenvalue weighted by Crippen LogP contribution is 2.29. The summed E-state index contributed by atoms with van der Waals surface area (Å²) in [5.74, 6) is 0.261. The maximum atomic E-state index is 9.83. The zero-order chi connectivity index (χ0) is 16.6. The molecule has 1 heterocycles. The average molecular weight is 343 g/mol. The van der Waals surface area contributed by atoms with Crippen LogP contribution in [0.25, 0.3) is 0 Å². The van der Waals surface area contributed by atoms with E-state index in [1.165, 1.54) is 61.9 Å². The molecule has 1 aliphatic carbocycles. The van der Waals surface area contributed by atoms with Crippen LogP contribution in [0.4, 0.5) is 5.13 Å². The van der Waals surface area contributed by atoms with Gasteiger partial charge in [0.25, 0.3) is 0 Å². The van der Waals surface area contributed by atoms with Gasteiger partial charge in [-0.3, -0.25) is 0 Å². The van der Waals surface area contributed by atoms with Crippen molar-refractivity contribution in [1.82, 2.24) is 4.98 Å². The number of aromatic hydroxyl groups is 1. The Balaban J connectivity index is 1.73. The highest BCUT2D eigenvalue weighted by atomic mass is 32.1. The van der Waals surface area contributed by atoms with Gasteiger partial charge in [0.15, 0.2) is 0 Å². The summed E-state index contributed by atoms with van der Waals surface area (Å²) in [7, 11) is 0. The molecule has 1 aliphatic rings. The molecule has 0 saturated heterocycles. The third-order valence-corrected chi connectivity index (χ3v) is 5.65. The lowest BCUT2D eigenvalue weighted by Crippen LogP contribution is -1.94. The second-order valence-electron chi connectivity index (χ2n) is 6.51. The van der Waals surface area contributed by atoms with Crippen LogP contribution in [-0.4, -0.2) is 16.3 Å². The molecule has 2 aromatic rings. The lowest BCUT2D eigenvalue weighted by atomic mass is 10.0. The molecular weight excluding hydrogens is 316 g/mol. The minimum Gasteiger partial charge on any atom is -0.507 e. The highest BCUT2D eigenvalue weighted by molar-refractivity contribution is 7.15. The van der Waals surface area contributed by atoms with Crippen molar-refractivity contribution in [3.63, 3.8) is 0 Å². The van der Waals surface area contributed by atoms with Crippen LogP contribution in [0, 0.1) is 0 Å². The molecule has 1 N–H and O–H groups in total. The number of rotatable bonds is 2. The number of fused-ring (bicyclic) bond motifs is 1. The summed E-state index contributed by atoms with van der Waals surface area (Å²) in [5.41, 5.74) is 1.99. The Hall–Kier alpha value is -1.68. The van der Waals surface area contributed by atoms with E-state index in [-0.39, 0.29) is 5.75 Å². The van der Waals surface area contributed by atoms with Crippen LogP contribution in [0.15, 0.2) is 29.3 Å². The maximum absolute atomic E-state index is 9.83. The molecule has 0 radical (unpaired) electrons. The molecule has 24 heavy (non-hydrogen) atoms. The van der Waals surface area contributed by atoms with Crippen LogP contribution in [0.3, 0.4) is 0 Å². The van der Waals surface area contributed by atoms with Gasteiger partial charge in [-0.05, 0) is 37.8 Å². The van der Waals surface area contributed by atoms with E-state index in [9.17, 15) is 5.11 Å². The predicted molar refractivity (Wildman–Crippen MR) is 102 cm³/mol. The van der Waals surface area contributed by atoms with Crippen molar-refractivity contribution in [2.75, 3.05) is 0 Å². The second-order valence-corrected chi connectivity index (χ2v) is 7.57. The van der Waals surface area contributed by atoms with Gasteiger partial charge in [-0.1, -0.05) is 62.0 Å². The highest BCUT2D eigenvalue weighted by Gasteiger charge is 2.11. The zero-order valence-electron chi connectivity index (χ0n) is 14.2. The van der Waals surface area contributed by atoms with E-state index < -0.39 is 0 Å². The van der Waals surface area contributed by atoms with Crippen LogP contribution in [0.2, 0.25) is 0 Å². The van der Waals surface area contributed by atoms with Gasteiger partial charge < -0.3 is 5.11 Å². The number of para-hydroxylation sites is 1. The van der Waals surface area contributed by atoms with E-state index in [2.05, 4.69) is 4.99 Å². The van der Waals surface area contributed by atoms with E-state index in [0.29, 0.717) is 0 Å². The quantitative estimate of drug-likeness (QED) is 0.699. The molecule has 0 saturated carbocycles. The van der Waals surface area contributed by atoms with Gasteiger partial charge in [0.2, 0.25) is 5.13 Å². The van der Waals surface area contributed by atoms with E-state index in [1.807, 2.05) is 18.2 Å². The summed E-state index contributed by atoms with van der Waals surface area (Å²) >= 11 is 1.72. The van der Waals surface area contributed by atoms with Gasteiger partial charge >= 0.3 is 0 Å². The van der Waals surface area contributed by atoms with Gasteiger partial charge in [0, 0.05) is 16.7 Å². The summed E-state index contributed by atoms with van der Waals surface area (Å²) in [5, 5.41) is 10.7. The fraction of sp³-hybridized carbons (Fsp3) is 0.500. The number of aliphatic imine (C=N–C) groups is 1. The maximum Gasteiger partial charge on any atom is 0.209 e. The van der Waals surface area contributed by atoms with Crippen LogP contribution in [0.5, 0.6) is 5.75 Å². The fourth-order valence-corrected chi connectivity index (χ4v) is 4.17. The standard InChI is InChI=1S/C20H26N2OS/c23-18-13-10-9-11-16(18)15-21-20-22-17-12-7-5-3-1-2-4-6-8-14-19(17)24-20/h9-11,13,15,23H,1-8,12,14H2. The first-order valence-corrected chi connectivity index (χ1v) is 9.95. The first-order chi connectivity index (χ1) is 11.8. The smallest absolute Gasteiger partial charge is 0.209 e. The van der Waals surface area contributed by atoms with E-state index in [4.69, 9.17) is 4.98 Å². The summed E-state index contributed by atoms with van der Waals surface area (Å²) in [6.45, 7) is 0. The van der Waals surface area contributed by atoms with Crippen molar-refractivity contribution >= 4 is 22.7 Å². The monoisotopic (exact) mass is 342 g/mol. The minimum absolute atomic E-state index is 0.261. The van der Waals surface area contributed by atoms with Gasteiger partial charge in [0.1, 0.15) is 5.75 Å². The normalized spacial score (nSPS) is 17.2. The molecule has 3 rings (SSSR count). The van der Waals surface area contributed by atoms with Gasteiger partial charge in [0.05, 0.1) is 5.69 Å². The SMILES string of the molecule is Oc1ccccc1C=Nc1nc2c(s1)CCCCCCCCCC2. The second kappa shape index (κ2) is 8.97. The van der Waals surface area contributed by atoms with Gasteiger partial charge in [-0.15, -0.1) is 0 Å². The number of aryl methyl sites for hydroxylation is 2. The van der Waals surface area contributed by atoms with Crippen LogP contribution < -0.4 is 0 Å². The number of thiazole rings is 1. The number of hydrogen-bond acceptors (Lipinski definition) is 4. The first-order valence-electron chi connectivity index (χ1n) is 9.13. The molecule has 0 bridgehead atoms. The Morgan fingerprint density at radius 1 is 0.917 bits per heavy atom. The summed E-state index contributed by atoms with van der Waals surface area (Å²) in [4.78, 5) is 10.7. The van der Waals surface area contributed by atoms with E-state index in [1.54, 1.807) is 23.6 Å². The number of phenolic OH excluding ortho intramolecular Hbond substituents is 1. The predicted octanol–water partition coefficient (Wildman–Crippen LogP) is 5.82. The van der Waals surface area contributed by atoms with Crippen molar-refractivity contribution in [3.05, 3.63) is 40.4 Å². The number of hydrogen-bond donors (Lipinski definition) is 1. The van der Waals surface area contributed by atoms with Crippen molar-refractivity contribution in [3.8, 4) is 5.75 Å². The third-order valence-electron chi connectivity index (χ3n) is 4.59. The lowest BCUT2D eigenvalue weighted by molar-refractivity contribution is 0.474. The molecule has 0 atom stereocenters. The zero-order valence-corrected chi connectivity index (χ0v) is 15.0. The van der Waals surface area contributed by atoms with Crippen LogP contribution in [0.1, 0.15) is 67.5 Å². The van der Waals surface area contributed by atoms with Gasteiger partial charge in [-0.25, -0.2) is 9.98 Å². The largest absolute Gasteiger partial charge is 0.507 e. The third kappa shape index (κ3) is 4.91. The molecule has 128 valence electrons.